The maximum absolute atomic E-state index is 9.57. The van der Waals surface area contributed by atoms with E-state index in [-0.39, 0.29) is 6.10 Å². The van der Waals surface area contributed by atoms with Crippen LogP contribution in [0.25, 0.3) is 0 Å². The molecule has 1 N–H and O–H groups in total. The van der Waals surface area contributed by atoms with Crippen LogP contribution in [0, 0.1) is 5.92 Å². The molecule has 2 nitrogen and oxygen atoms in total. The van der Waals surface area contributed by atoms with Gasteiger partial charge in [-0.05, 0) is 25.2 Å². The maximum atomic E-state index is 9.57. The Bertz CT molecular complexity index is 104. The third-order valence-corrected chi connectivity index (χ3v) is 2.32. The minimum Gasteiger partial charge on any atom is -0.393 e. The first-order chi connectivity index (χ1) is 6.20. The second-order valence-electron chi connectivity index (χ2n) is 3.80. The monoisotopic (exact) mass is 188 g/mol. The lowest BCUT2D eigenvalue weighted by molar-refractivity contribution is 0.0709. The Balaban J connectivity index is 3.24. The third-order valence-electron chi connectivity index (χ3n) is 2.32. The summed E-state index contributed by atoms with van der Waals surface area (Å²) in [5.74, 6) is 0.626. The summed E-state index contributed by atoms with van der Waals surface area (Å²) in [5, 5.41) is 9.57. The number of aliphatic hydroxyl groups excluding tert-OH is 1. The fourth-order valence-corrected chi connectivity index (χ4v) is 1.21. The number of hydrogen-bond acceptors (Lipinski definition) is 2. The molecule has 0 aliphatic heterocycles. The van der Waals surface area contributed by atoms with Gasteiger partial charge in [0.1, 0.15) is 0 Å². The summed E-state index contributed by atoms with van der Waals surface area (Å²) in [6.45, 7) is 7.94. The predicted octanol–water partition coefficient (Wildman–Crippen LogP) is 2.60. The molecule has 0 aromatic rings. The Hall–Kier alpha value is -0.0800. The molecule has 0 fully saturated rings. The van der Waals surface area contributed by atoms with E-state index in [9.17, 15) is 5.11 Å². The zero-order chi connectivity index (χ0) is 10.1. The molecule has 80 valence electrons. The fraction of sp³-hybridized carbons (Fsp3) is 1.00. The van der Waals surface area contributed by atoms with Crippen LogP contribution in [0.5, 0.6) is 0 Å². The molecule has 2 heteroatoms. The minimum absolute atomic E-state index is 0.174. The molecule has 0 saturated carbocycles. The lowest BCUT2D eigenvalue weighted by Gasteiger charge is -2.14. The van der Waals surface area contributed by atoms with Crippen molar-refractivity contribution in [2.24, 2.45) is 5.92 Å². The molecule has 0 aliphatic rings. The van der Waals surface area contributed by atoms with E-state index in [0.717, 1.165) is 32.3 Å². The Labute approximate surface area is 82.3 Å². The van der Waals surface area contributed by atoms with E-state index in [1.807, 2.05) is 0 Å². The second kappa shape index (κ2) is 8.52. The van der Waals surface area contributed by atoms with E-state index in [1.54, 1.807) is 0 Å². The van der Waals surface area contributed by atoms with E-state index in [4.69, 9.17) is 4.74 Å². The van der Waals surface area contributed by atoms with Crippen LogP contribution in [0.1, 0.15) is 46.5 Å². The highest BCUT2D eigenvalue weighted by Gasteiger charge is 2.08. The van der Waals surface area contributed by atoms with Crippen LogP contribution >= 0.6 is 0 Å². The molecule has 13 heavy (non-hydrogen) atoms. The lowest BCUT2D eigenvalue weighted by Crippen LogP contribution is -2.14. The van der Waals surface area contributed by atoms with Gasteiger partial charge in [-0.2, -0.15) is 0 Å². The average Bonchev–Trinajstić information content (AvgIpc) is 2.12. The van der Waals surface area contributed by atoms with Crippen molar-refractivity contribution in [1.82, 2.24) is 0 Å². The first-order valence-corrected chi connectivity index (χ1v) is 5.46. The van der Waals surface area contributed by atoms with Gasteiger partial charge in [-0.15, -0.1) is 0 Å². The van der Waals surface area contributed by atoms with E-state index >= 15 is 0 Å². The van der Waals surface area contributed by atoms with Crippen molar-refractivity contribution < 1.29 is 9.84 Å². The van der Waals surface area contributed by atoms with Gasteiger partial charge in [-0.25, -0.2) is 0 Å². The molecule has 0 aliphatic carbocycles. The summed E-state index contributed by atoms with van der Waals surface area (Å²) in [5.41, 5.74) is 0. The van der Waals surface area contributed by atoms with Gasteiger partial charge in [0.25, 0.3) is 0 Å². The van der Waals surface area contributed by atoms with E-state index in [1.165, 1.54) is 0 Å². The standard InChI is InChI=1S/C11H24O2/c1-4-7-13-8-6-11(12)9-10(3)5-2/h10-12H,4-9H2,1-3H3. The Morgan fingerprint density at radius 3 is 2.46 bits per heavy atom. The van der Waals surface area contributed by atoms with Crippen molar-refractivity contribution in [1.29, 1.82) is 0 Å². The van der Waals surface area contributed by atoms with Crippen molar-refractivity contribution in [3.8, 4) is 0 Å². The first-order valence-electron chi connectivity index (χ1n) is 5.46. The van der Waals surface area contributed by atoms with Gasteiger partial charge in [0, 0.05) is 13.2 Å². The molecule has 0 bridgehead atoms. The van der Waals surface area contributed by atoms with Crippen LogP contribution in [0.3, 0.4) is 0 Å². The highest BCUT2D eigenvalue weighted by Crippen LogP contribution is 2.11. The summed E-state index contributed by atoms with van der Waals surface area (Å²) < 4.78 is 5.31. The number of aliphatic hydroxyl groups is 1. The zero-order valence-electron chi connectivity index (χ0n) is 9.25. The normalized spacial score (nSPS) is 15.7. The van der Waals surface area contributed by atoms with E-state index < -0.39 is 0 Å². The SMILES string of the molecule is CCCOCCC(O)CC(C)CC. The smallest absolute Gasteiger partial charge is 0.0564 e. The molecule has 0 radical (unpaired) electrons. The van der Waals surface area contributed by atoms with Crippen molar-refractivity contribution in [3.63, 3.8) is 0 Å². The molecule has 2 atom stereocenters. The molecular formula is C11H24O2. The van der Waals surface area contributed by atoms with E-state index in [2.05, 4.69) is 20.8 Å². The van der Waals surface area contributed by atoms with Crippen LogP contribution in [-0.2, 0) is 4.74 Å². The minimum atomic E-state index is -0.174. The lowest BCUT2D eigenvalue weighted by atomic mass is 10.00. The highest BCUT2D eigenvalue weighted by atomic mass is 16.5. The van der Waals surface area contributed by atoms with E-state index in [0.29, 0.717) is 12.5 Å². The molecule has 2 unspecified atom stereocenters. The Morgan fingerprint density at radius 1 is 1.23 bits per heavy atom. The molecule has 0 aromatic heterocycles. The first kappa shape index (κ1) is 12.9. The largest absolute Gasteiger partial charge is 0.393 e. The van der Waals surface area contributed by atoms with Gasteiger partial charge in [0.2, 0.25) is 0 Å². The van der Waals surface area contributed by atoms with Gasteiger partial charge in [0.05, 0.1) is 6.10 Å². The predicted molar refractivity (Wildman–Crippen MR) is 55.8 cm³/mol. The molecule has 0 rings (SSSR count). The summed E-state index contributed by atoms with van der Waals surface area (Å²) >= 11 is 0. The summed E-state index contributed by atoms with van der Waals surface area (Å²) in [6.07, 6.45) is 3.72. The molecule has 0 aromatic carbocycles. The van der Waals surface area contributed by atoms with Crippen molar-refractivity contribution in [3.05, 3.63) is 0 Å². The Morgan fingerprint density at radius 2 is 1.92 bits per heavy atom. The van der Waals surface area contributed by atoms with Crippen LogP contribution < -0.4 is 0 Å². The van der Waals surface area contributed by atoms with Crippen LogP contribution in [0.2, 0.25) is 0 Å². The van der Waals surface area contributed by atoms with Gasteiger partial charge < -0.3 is 9.84 Å². The summed E-state index contributed by atoms with van der Waals surface area (Å²) in [6, 6.07) is 0. The van der Waals surface area contributed by atoms with Crippen molar-refractivity contribution >= 4 is 0 Å². The van der Waals surface area contributed by atoms with Crippen LogP contribution in [0.4, 0.5) is 0 Å². The molecule has 0 saturated heterocycles. The van der Waals surface area contributed by atoms with Gasteiger partial charge in [-0.1, -0.05) is 27.2 Å². The number of hydrogen-bond donors (Lipinski definition) is 1. The molecule has 0 spiro atoms. The topological polar surface area (TPSA) is 29.5 Å². The zero-order valence-corrected chi connectivity index (χ0v) is 9.25. The number of rotatable bonds is 8. The number of ether oxygens (including phenoxy) is 1. The Kier molecular flexibility index (Phi) is 8.46. The van der Waals surface area contributed by atoms with Gasteiger partial charge >= 0.3 is 0 Å². The fourth-order valence-electron chi connectivity index (χ4n) is 1.21. The average molecular weight is 188 g/mol. The highest BCUT2D eigenvalue weighted by molar-refractivity contribution is 4.59. The molecule has 0 heterocycles. The third kappa shape index (κ3) is 8.26. The molecule has 0 amide bonds. The van der Waals surface area contributed by atoms with Gasteiger partial charge in [0.15, 0.2) is 0 Å². The summed E-state index contributed by atoms with van der Waals surface area (Å²) in [4.78, 5) is 0. The molecular weight excluding hydrogens is 164 g/mol. The van der Waals surface area contributed by atoms with Crippen molar-refractivity contribution in [2.75, 3.05) is 13.2 Å². The second-order valence-corrected chi connectivity index (χ2v) is 3.80. The maximum Gasteiger partial charge on any atom is 0.0564 e. The van der Waals surface area contributed by atoms with Gasteiger partial charge in [-0.3, -0.25) is 0 Å². The quantitative estimate of drug-likeness (QED) is 0.593. The summed E-state index contributed by atoms with van der Waals surface area (Å²) in [7, 11) is 0. The van der Waals surface area contributed by atoms with Crippen LogP contribution in [-0.4, -0.2) is 24.4 Å². The van der Waals surface area contributed by atoms with Crippen molar-refractivity contribution in [2.45, 2.75) is 52.6 Å². The van der Waals surface area contributed by atoms with Crippen LogP contribution in [0.15, 0.2) is 0 Å².